The Balaban J connectivity index is 1.74. The number of rotatable bonds is 5. The first-order valence-electron chi connectivity index (χ1n) is 11.7. The van der Waals surface area contributed by atoms with Crippen molar-refractivity contribution >= 4 is 34.2 Å². The van der Waals surface area contributed by atoms with E-state index >= 15 is 0 Å². The number of hydrogen-bond donors (Lipinski definition) is 1. The van der Waals surface area contributed by atoms with E-state index in [1.807, 2.05) is 24.3 Å². The van der Waals surface area contributed by atoms with Crippen molar-refractivity contribution in [1.82, 2.24) is 4.57 Å². The largest absolute Gasteiger partial charge is 0.462 e. The third kappa shape index (κ3) is 3.78. The summed E-state index contributed by atoms with van der Waals surface area (Å²) in [6, 6.07) is 10.5. The molecule has 3 aromatic rings. The fraction of sp³-hybridized carbons (Fsp3) is 0.444. The number of benzene rings is 2. The maximum Gasteiger partial charge on any atom is 0.310 e. The van der Waals surface area contributed by atoms with E-state index in [0.717, 1.165) is 33.3 Å². The summed E-state index contributed by atoms with van der Waals surface area (Å²) < 4.78 is 13.8. The van der Waals surface area contributed by atoms with E-state index < -0.39 is 5.60 Å². The number of esters is 1. The number of aromatic nitrogens is 1. The molecular weight excluding hydrogens is 452 g/mol. The van der Waals surface area contributed by atoms with E-state index in [4.69, 9.17) is 21.1 Å². The minimum absolute atomic E-state index is 0.0489. The highest BCUT2D eigenvalue weighted by atomic mass is 35.5. The van der Waals surface area contributed by atoms with Crippen molar-refractivity contribution in [2.45, 2.75) is 51.8 Å². The molecule has 0 saturated carbocycles. The second-order valence-corrected chi connectivity index (χ2v) is 10.6. The second kappa shape index (κ2) is 8.29. The third-order valence-electron chi connectivity index (χ3n) is 7.08. The maximum atomic E-state index is 12.9. The van der Waals surface area contributed by atoms with Crippen molar-refractivity contribution in [2.24, 2.45) is 0 Å². The van der Waals surface area contributed by atoms with E-state index in [1.54, 1.807) is 13.8 Å². The van der Waals surface area contributed by atoms with Crippen LogP contribution in [-0.4, -0.2) is 54.2 Å². The average Bonchev–Trinajstić information content (AvgIpc) is 3.37. The molecule has 6 nitrogen and oxygen atoms in total. The molecule has 7 heteroatoms. The molecule has 2 aliphatic rings. The van der Waals surface area contributed by atoms with Crippen molar-refractivity contribution in [3.63, 3.8) is 0 Å². The lowest BCUT2D eigenvalue weighted by Crippen LogP contribution is -2.42. The first-order valence-corrected chi connectivity index (χ1v) is 12.1. The molecule has 2 atom stereocenters. The monoisotopic (exact) mass is 482 g/mol. The van der Waals surface area contributed by atoms with Crippen LogP contribution in [-0.2, 0) is 20.7 Å². The van der Waals surface area contributed by atoms with Crippen LogP contribution >= 0.6 is 11.6 Å². The summed E-state index contributed by atoms with van der Waals surface area (Å²) in [5, 5.41) is 11.8. The van der Waals surface area contributed by atoms with Gasteiger partial charge in [-0.25, -0.2) is 0 Å². The van der Waals surface area contributed by atoms with E-state index in [-0.39, 0.29) is 31.1 Å². The number of fused-ring (bicyclic) bond motifs is 2. The summed E-state index contributed by atoms with van der Waals surface area (Å²) in [6.07, 6.45) is 0.117. The summed E-state index contributed by atoms with van der Waals surface area (Å²) in [5.41, 5.74) is 6.46. The Kier molecular flexibility index (Phi) is 5.66. The fourth-order valence-corrected chi connectivity index (χ4v) is 5.67. The normalized spacial score (nSPS) is 19.6. The lowest BCUT2D eigenvalue weighted by Gasteiger charge is -2.39. The van der Waals surface area contributed by atoms with Crippen LogP contribution in [0.15, 0.2) is 30.3 Å². The summed E-state index contributed by atoms with van der Waals surface area (Å²) in [5.74, 6) is -0.358. The molecule has 0 spiro atoms. The number of hydrogen-bond acceptors (Lipinski definition) is 5. The molecule has 3 heterocycles. The molecule has 180 valence electrons. The molecule has 0 aliphatic carbocycles. The predicted octanol–water partition coefficient (Wildman–Crippen LogP) is 4.82. The Bertz CT molecular complexity index is 1270. The van der Waals surface area contributed by atoms with Gasteiger partial charge >= 0.3 is 5.97 Å². The molecule has 1 fully saturated rings. The Labute approximate surface area is 205 Å². The molecule has 1 N–H and O–H groups in total. The number of halogens is 1. The second-order valence-electron chi connectivity index (χ2n) is 10.2. The van der Waals surface area contributed by atoms with Gasteiger partial charge in [0.2, 0.25) is 0 Å². The van der Waals surface area contributed by atoms with Gasteiger partial charge in [-0.1, -0.05) is 23.7 Å². The van der Waals surface area contributed by atoms with Crippen molar-refractivity contribution in [3.05, 3.63) is 52.2 Å². The number of aliphatic hydroxyl groups is 1. The molecule has 0 radical (unpaired) electrons. The lowest BCUT2D eigenvalue weighted by atomic mass is 9.88. The molecule has 2 aliphatic heterocycles. The summed E-state index contributed by atoms with van der Waals surface area (Å²) in [6.45, 7) is 8.81. The molecule has 2 unspecified atom stereocenters. The number of ether oxygens (including phenoxy) is 2. The van der Waals surface area contributed by atoms with Crippen LogP contribution < -0.4 is 4.90 Å². The SMILES string of the molecule is Cc1c(CC(=O)OCC(C)(C)O)c(-c2ccc(Cl)cc2)c2cc(C)n3c2c1N(C)C1COCC13. The first kappa shape index (κ1) is 23.2. The smallest absolute Gasteiger partial charge is 0.310 e. The van der Waals surface area contributed by atoms with Crippen molar-refractivity contribution < 1.29 is 19.4 Å². The van der Waals surface area contributed by atoms with Gasteiger partial charge in [-0.3, -0.25) is 4.79 Å². The number of likely N-dealkylation sites (N-methyl/N-ethyl adjacent to an activating group) is 1. The van der Waals surface area contributed by atoms with E-state index in [2.05, 4.69) is 36.4 Å². The van der Waals surface area contributed by atoms with Crippen LogP contribution in [0.2, 0.25) is 5.02 Å². The minimum Gasteiger partial charge on any atom is -0.462 e. The van der Waals surface area contributed by atoms with Crippen LogP contribution in [0.25, 0.3) is 22.0 Å². The zero-order chi connectivity index (χ0) is 24.4. The van der Waals surface area contributed by atoms with Gasteiger partial charge in [-0.05, 0) is 68.1 Å². The maximum absolute atomic E-state index is 12.9. The van der Waals surface area contributed by atoms with Crippen molar-refractivity contribution in [3.8, 4) is 11.1 Å². The summed E-state index contributed by atoms with van der Waals surface area (Å²) in [7, 11) is 2.12. The molecular formula is C27H31ClN2O4. The molecule has 1 saturated heterocycles. The topological polar surface area (TPSA) is 63.9 Å². The summed E-state index contributed by atoms with van der Waals surface area (Å²) >= 11 is 6.20. The average molecular weight is 483 g/mol. The van der Waals surface area contributed by atoms with Crippen LogP contribution in [0.4, 0.5) is 5.69 Å². The molecule has 34 heavy (non-hydrogen) atoms. The number of carbonyl (C=O) groups is 1. The molecule has 1 aromatic heterocycles. The van der Waals surface area contributed by atoms with Gasteiger partial charge < -0.3 is 24.0 Å². The number of nitrogens with zero attached hydrogens (tertiary/aromatic N) is 2. The predicted molar refractivity (Wildman–Crippen MR) is 135 cm³/mol. The van der Waals surface area contributed by atoms with Gasteiger partial charge in [0.05, 0.1) is 48.5 Å². The molecule has 5 rings (SSSR count). The fourth-order valence-electron chi connectivity index (χ4n) is 5.55. The van der Waals surface area contributed by atoms with Crippen molar-refractivity contribution in [1.29, 1.82) is 0 Å². The minimum atomic E-state index is -1.08. The van der Waals surface area contributed by atoms with E-state index in [9.17, 15) is 9.90 Å². The van der Waals surface area contributed by atoms with E-state index in [0.29, 0.717) is 18.2 Å². The third-order valence-corrected chi connectivity index (χ3v) is 7.33. The van der Waals surface area contributed by atoms with Gasteiger partial charge in [0, 0.05) is 23.2 Å². The summed E-state index contributed by atoms with van der Waals surface area (Å²) in [4.78, 5) is 15.3. The van der Waals surface area contributed by atoms with Crippen LogP contribution in [0.3, 0.4) is 0 Å². The zero-order valence-corrected chi connectivity index (χ0v) is 21.1. The van der Waals surface area contributed by atoms with Gasteiger partial charge in [-0.2, -0.15) is 0 Å². The Hall–Kier alpha value is -2.54. The Morgan fingerprint density at radius 3 is 2.56 bits per heavy atom. The van der Waals surface area contributed by atoms with Crippen molar-refractivity contribution in [2.75, 3.05) is 31.8 Å². The molecule has 0 bridgehead atoms. The first-order chi connectivity index (χ1) is 16.1. The lowest BCUT2D eigenvalue weighted by molar-refractivity contribution is -0.149. The molecule has 0 amide bonds. The van der Waals surface area contributed by atoms with Gasteiger partial charge in [0.15, 0.2) is 0 Å². The van der Waals surface area contributed by atoms with Crippen LogP contribution in [0.1, 0.15) is 36.7 Å². The Morgan fingerprint density at radius 1 is 1.21 bits per heavy atom. The van der Waals surface area contributed by atoms with Gasteiger partial charge in [0.25, 0.3) is 0 Å². The molecule has 2 aromatic carbocycles. The number of aryl methyl sites for hydroxylation is 1. The quantitative estimate of drug-likeness (QED) is 0.528. The number of anilines is 1. The zero-order valence-electron chi connectivity index (χ0n) is 20.3. The van der Waals surface area contributed by atoms with E-state index in [1.165, 1.54) is 11.2 Å². The van der Waals surface area contributed by atoms with Crippen LogP contribution in [0, 0.1) is 13.8 Å². The number of carbonyl (C=O) groups excluding carboxylic acids is 1. The Morgan fingerprint density at radius 2 is 1.88 bits per heavy atom. The highest BCUT2D eigenvalue weighted by Gasteiger charge is 2.41. The highest BCUT2D eigenvalue weighted by molar-refractivity contribution is 6.30. The standard InChI is InChI=1S/C27H31ClN2O4/c1-15-10-20-24(17-6-8-18(28)9-7-17)19(11-23(31)34-14-27(3,4)32)16(2)25-26(20)30(15)22-13-33-12-21(22)29(25)5/h6-10,21-22,32H,11-14H2,1-5H3. The highest BCUT2D eigenvalue weighted by Crippen LogP contribution is 2.49. The van der Waals surface area contributed by atoms with Gasteiger partial charge in [0.1, 0.15) is 6.61 Å². The van der Waals surface area contributed by atoms with Crippen LogP contribution in [0.5, 0.6) is 0 Å². The van der Waals surface area contributed by atoms with Gasteiger partial charge in [-0.15, -0.1) is 0 Å².